The topological polar surface area (TPSA) is 49.3 Å². The number of halogens is 1. The van der Waals surface area contributed by atoms with Crippen molar-refractivity contribution in [3.63, 3.8) is 0 Å². The fourth-order valence-corrected chi connectivity index (χ4v) is 2.70. The molecule has 5 heteroatoms. The van der Waals surface area contributed by atoms with Crippen LogP contribution in [0.5, 0.6) is 0 Å². The molecule has 0 spiro atoms. The maximum atomic E-state index is 4.49. The minimum atomic E-state index is 0. The van der Waals surface area contributed by atoms with Gasteiger partial charge in [0.15, 0.2) is 5.96 Å². The van der Waals surface area contributed by atoms with E-state index in [0.29, 0.717) is 12.0 Å². The molecule has 1 heterocycles. The van der Waals surface area contributed by atoms with E-state index in [4.69, 9.17) is 0 Å². The van der Waals surface area contributed by atoms with Crippen molar-refractivity contribution in [1.29, 1.82) is 0 Å². The molecule has 118 valence electrons. The number of hydrogen-bond acceptors (Lipinski definition) is 2. The van der Waals surface area contributed by atoms with Crippen molar-refractivity contribution in [2.24, 2.45) is 10.4 Å². The van der Waals surface area contributed by atoms with Crippen LogP contribution in [-0.2, 0) is 6.54 Å². The van der Waals surface area contributed by atoms with Gasteiger partial charge >= 0.3 is 0 Å². The van der Waals surface area contributed by atoms with Crippen molar-refractivity contribution in [1.82, 2.24) is 15.6 Å². The fraction of sp³-hybridized carbons (Fsp3) is 0.625. The first-order chi connectivity index (χ1) is 9.67. The molecular weight excluding hydrogens is 375 g/mol. The molecule has 0 radical (unpaired) electrons. The number of aryl methyl sites for hydroxylation is 1. The number of aromatic nitrogens is 1. The van der Waals surface area contributed by atoms with Gasteiger partial charge in [-0.3, -0.25) is 9.98 Å². The van der Waals surface area contributed by atoms with E-state index in [1.807, 2.05) is 32.2 Å². The average Bonchev–Trinajstić information content (AvgIpc) is 2.41. The minimum Gasteiger partial charge on any atom is -0.356 e. The first-order valence-corrected chi connectivity index (χ1v) is 7.54. The normalized spacial score (nSPS) is 16.6. The second kappa shape index (κ2) is 8.56. The largest absolute Gasteiger partial charge is 0.356 e. The van der Waals surface area contributed by atoms with Gasteiger partial charge in [-0.1, -0.05) is 19.4 Å². The highest BCUT2D eigenvalue weighted by Crippen LogP contribution is 2.42. The minimum absolute atomic E-state index is 0. The number of nitrogens with zero attached hydrogens (tertiary/aromatic N) is 2. The molecular formula is C16H27IN4. The molecule has 0 bridgehead atoms. The Morgan fingerprint density at radius 1 is 1.33 bits per heavy atom. The van der Waals surface area contributed by atoms with Crippen LogP contribution in [0.2, 0.25) is 0 Å². The third kappa shape index (κ3) is 5.13. The first-order valence-electron chi connectivity index (χ1n) is 7.54. The smallest absolute Gasteiger partial charge is 0.191 e. The van der Waals surface area contributed by atoms with Crippen LogP contribution in [0.3, 0.4) is 0 Å². The highest BCUT2D eigenvalue weighted by atomic mass is 127. The van der Waals surface area contributed by atoms with Crippen LogP contribution in [0.4, 0.5) is 0 Å². The summed E-state index contributed by atoms with van der Waals surface area (Å²) in [6.45, 7) is 6.02. The van der Waals surface area contributed by atoms with E-state index in [9.17, 15) is 0 Å². The number of hydrogen-bond donors (Lipinski definition) is 2. The Bertz CT molecular complexity index is 464. The Labute approximate surface area is 145 Å². The quantitative estimate of drug-likeness (QED) is 0.452. The molecule has 0 aromatic carbocycles. The summed E-state index contributed by atoms with van der Waals surface area (Å²) in [5.41, 5.74) is 2.59. The number of rotatable bonds is 5. The molecule has 2 rings (SSSR count). The predicted molar refractivity (Wildman–Crippen MR) is 99.2 cm³/mol. The average molecular weight is 402 g/mol. The van der Waals surface area contributed by atoms with E-state index in [1.165, 1.54) is 25.7 Å². The van der Waals surface area contributed by atoms with Gasteiger partial charge in [0, 0.05) is 19.3 Å². The van der Waals surface area contributed by atoms with Crippen molar-refractivity contribution in [2.45, 2.75) is 46.1 Å². The van der Waals surface area contributed by atoms with Crippen molar-refractivity contribution in [3.8, 4) is 0 Å². The highest BCUT2D eigenvalue weighted by molar-refractivity contribution is 14.0. The van der Waals surface area contributed by atoms with Crippen LogP contribution in [0.1, 0.15) is 44.0 Å². The maximum Gasteiger partial charge on any atom is 0.191 e. The van der Waals surface area contributed by atoms with Crippen molar-refractivity contribution < 1.29 is 0 Å². The van der Waals surface area contributed by atoms with Gasteiger partial charge < -0.3 is 10.6 Å². The molecule has 0 aliphatic heterocycles. The molecule has 1 aromatic rings. The zero-order chi connectivity index (χ0) is 14.4. The Kier molecular flexibility index (Phi) is 7.42. The van der Waals surface area contributed by atoms with Crippen LogP contribution < -0.4 is 10.6 Å². The Morgan fingerprint density at radius 2 is 2.10 bits per heavy atom. The summed E-state index contributed by atoms with van der Waals surface area (Å²) in [6.07, 6.45) is 5.30. The van der Waals surface area contributed by atoms with Crippen molar-refractivity contribution >= 4 is 29.9 Å². The number of guanidine groups is 1. The van der Waals surface area contributed by atoms with Gasteiger partial charge in [-0.25, -0.2) is 0 Å². The number of nitrogens with one attached hydrogen (secondary N) is 2. The monoisotopic (exact) mass is 402 g/mol. The van der Waals surface area contributed by atoms with Gasteiger partial charge in [-0.05, 0) is 43.7 Å². The summed E-state index contributed by atoms with van der Waals surface area (Å²) in [5, 5.41) is 6.79. The SMILES string of the molecule is CCC1(CNC(=NC)NCc2cccc(C)n2)CCC1.I. The molecule has 1 saturated carbocycles. The molecule has 1 aliphatic rings. The molecule has 1 aliphatic carbocycles. The van der Waals surface area contributed by atoms with E-state index < -0.39 is 0 Å². The standard InChI is InChI=1S/C16H26N4.HI/c1-4-16(9-6-10-16)12-19-15(17-3)18-11-14-8-5-7-13(2)20-14;/h5,7-8H,4,6,9-12H2,1-3H3,(H2,17,18,19);1H. The van der Waals surface area contributed by atoms with Gasteiger partial charge in [-0.15, -0.1) is 24.0 Å². The van der Waals surface area contributed by atoms with E-state index in [-0.39, 0.29) is 24.0 Å². The van der Waals surface area contributed by atoms with Gasteiger partial charge in [0.1, 0.15) is 0 Å². The summed E-state index contributed by atoms with van der Waals surface area (Å²) in [4.78, 5) is 8.77. The van der Waals surface area contributed by atoms with Gasteiger partial charge in [0.05, 0.1) is 12.2 Å². The second-order valence-corrected chi connectivity index (χ2v) is 5.76. The highest BCUT2D eigenvalue weighted by Gasteiger charge is 2.34. The molecule has 0 atom stereocenters. The molecule has 2 N–H and O–H groups in total. The Morgan fingerprint density at radius 3 is 2.62 bits per heavy atom. The lowest BCUT2D eigenvalue weighted by molar-refractivity contribution is 0.131. The van der Waals surface area contributed by atoms with Crippen LogP contribution in [0, 0.1) is 12.3 Å². The van der Waals surface area contributed by atoms with Gasteiger partial charge in [-0.2, -0.15) is 0 Å². The van der Waals surface area contributed by atoms with E-state index >= 15 is 0 Å². The molecule has 1 aromatic heterocycles. The zero-order valence-electron chi connectivity index (χ0n) is 13.3. The third-order valence-electron chi connectivity index (χ3n) is 4.40. The zero-order valence-corrected chi connectivity index (χ0v) is 15.6. The summed E-state index contributed by atoms with van der Waals surface area (Å²) in [5.74, 6) is 0.869. The molecule has 1 fully saturated rings. The van der Waals surface area contributed by atoms with Crippen LogP contribution >= 0.6 is 24.0 Å². The molecule has 21 heavy (non-hydrogen) atoms. The van der Waals surface area contributed by atoms with Gasteiger partial charge in [0.25, 0.3) is 0 Å². The van der Waals surface area contributed by atoms with E-state index in [1.54, 1.807) is 0 Å². The van der Waals surface area contributed by atoms with E-state index in [0.717, 1.165) is 23.9 Å². The maximum absolute atomic E-state index is 4.49. The Hall–Kier alpha value is -0.850. The summed E-state index contributed by atoms with van der Waals surface area (Å²) in [7, 11) is 1.82. The third-order valence-corrected chi connectivity index (χ3v) is 4.40. The molecule has 0 amide bonds. The summed E-state index contributed by atoms with van der Waals surface area (Å²) >= 11 is 0. The lowest BCUT2D eigenvalue weighted by Gasteiger charge is -2.41. The van der Waals surface area contributed by atoms with Crippen LogP contribution in [-0.4, -0.2) is 24.5 Å². The summed E-state index contributed by atoms with van der Waals surface area (Å²) < 4.78 is 0. The number of aliphatic imine (C=N–C) groups is 1. The Balaban J connectivity index is 0.00000220. The van der Waals surface area contributed by atoms with Crippen molar-refractivity contribution in [3.05, 3.63) is 29.6 Å². The summed E-state index contributed by atoms with van der Waals surface area (Å²) in [6, 6.07) is 6.08. The van der Waals surface area contributed by atoms with Crippen LogP contribution in [0.25, 0.3) is 0 Å². The first kappa shape index (κ1) is 18.2. The lowest BCUT2D eigenvalue weighted by Crippen LogP contribution is -2.46. The van der Waals surface area contributed by atoms with Crippen molar-refractivity contribution in [2.75, 3.05) is 13.6 Å². The number of pyridine rings is 1. The molecule has 0 saturated heterocycles. The molecule has 0 unspecified atom stereocenters. The predicted octanol–water partition coefficient (Wildman–Crippen LogP) is 3.25. The second-order valence-electron chi connectivity index (χ2n) is 5.76. The fourth-order valence-electron chi connectivity index (χ4n) is 2.70. The van der Waals surface area contributed by atoms with Gasteiger partial charge in [0.2, 0.25) is 0 Å². The van der Waals surface area contributed by atoms with E-state index in [2.05, 4.69) is 27.5 Å². The molecule has 4 nitrogen and oxygen atoms in total. The lowest BCUT2D eigenvalue weighted by atomic mass is 9.67. The van der Waals surface area contributed by atoms with Crippen LogP contribution in [0.15, 0.2) is 23.2 Å².